The van der Waals surface area contributed by atoms with Gasteiger partial charge in [-0.05, 0) is 43.3 Å². The van der Waals surface area contributed by atoms with Gasteiger partial charge in [-0.25, -0.2) is 14.2 Å². The van der Waals surface area contributed by atoms with Crippen LogP contribution in [0.2, 0.25) is 0 Å². The fraction of sp³-hybridized carbons (Fsp3) is 0.0909. The van der Waals surface area contributed by atoms with Crippen molar-refractivity contribution >= 4 is 18.1 Å². The Kier molecular flexibility index (Phi) is 5.93. The monoisotopic (exact) mass is 432 g/mol. The molecule has 0 saturated heterocycles. The highest BCUT2D eigenvalue weighted by Crippen LogP contribution is 2.34. The molecule has 4 rings (SSSR count). The van der Waals surface area contributed by atoms with E-state index < -0.39 is 6.03 Å². The minimum atomic E-state index is -0.416. The molecule has 2 N–H and O–H groups in total. The lowest BCUT2D eigenvalue weighted by atomic mass is 10.0. The zero-order chi connectivity index (χ0) is 22.5. The Morgan fingerprint density at radius 2 is 1.81 bits per heavy atom. The molecule has 0 aliphatic carbocycles. The maximum Gasteiger partial charge on any atom is 0.320 e. The standard InChI is InChI=1S/C22H17FN6O3/c1-2-25-22(31)27-19-8-17(18(11-26-19)15-7-13(12-30)9-24-10-15)21-29-28-20(32-21)14-3-5-16(23)6-4-14/h3-12H,2H2,1H3,(H2,25,26,27,31). The fourth-order valence-electron chi connectivity index (χ4n) is 2.96. The van der Waals surface area contributed by atoms with Crippen molar-refractivity contribution in [1.82, 2.24) is 25.5 Å². The third-order valence-electron chi connectivity index (χ3n) is 4.44. The number of carbonyl (C=O) groups is 2. The van der Waals surface area contributed by atoms with E-state index in [0.29, 0.717) is 40.6 Å². The predicted molar refractivity (Wildman–Crippen MR) is 114 cm³/mol. The topological polar surface area (TPSA) is 123 Å². The van der Waals surface area contributed by atoms with Crippen LogP contribution in [0.1, 0.15) is 17.3 Å². The number of nitrogens with one attached hydrogen (secondary N) is 2. The Balaban J connectivity index is 1.79. The van der Waals surface area contributed by atoms with Crippen molar-refractivity contribution in [2.75, 3.05) is 11.9 Å². The van der Waals surface area contributed by atoms with E-state index in [1.807, 2.05) is 0 Å². The number of carbonyl (C=O) groups excluding carboxylic acids is 2. The number of hydrogen-bond donors (Lipinski definition) is 2. The summed E-state index contributed by atoms with van der Waals surface area (Å²) in [4.78, 5) is 31.5. The molecule has 0 saturated carbocycles. The number of halogens is 1. The number of amides is 2. The Labute approximate surface area is 181 Å². The smallest absolute Gasteiger partial charge is 0.320 e. The molecular weight excluding hydrogens is 415 g/mol. The van der Waals surface area contributed by atoms with Gasteiger partial charge in [0.25, 0.3) is 0 Å². The van der Waals surface area contributed by atoms with E-state index >= 15 is 0 Å². The average molecular weight is 432 g/mol. The van der Waals surface area contributed by atoms with Crippen LogP contribution in [-0.2, 0) is 0 Å². The minimum absolute atomic E-state index is 0.150. The summed E-state index contributed by atoms with van der Waals surface area (Å²) in [6.45, 7) is 2.25. The number of hydrogen-bond acceptors (Lipinski definition) is 7. The third-order valence-corrected chi connectivity index (χ3v) is 4.44. The number of nitrogens with zero attached hydrogens (tertiary/aromatic N) is 4. The molecule has 3 heterocycles. The van der Waals surface area contributed by atoms with E-state index in [9.17, 15) is 14.0 Å². The van der Waals surface area contributed by atoms with E-state index in [2.05, 4.69) is 30.8 Å². The SMILES string of the molecule is CCNC(=O)Nc1cc(-c2nnc(-c3ccc(F)cc3)o2)c(-c2cncc(C=O)c2)cn1. The van der Waals surface area contributed by atoms with Gasteiger partial charge in [0, 0.05) is 47.4 Å². The highest BCUT2D eigenvalue weighted by molar-refractivity contribution is 5.90. The second-order valence-electron chi connectivity index (χ2n) is 6.64. The highest BCUT2D eigenvalue weighted by Gasteiger charge is 2.18. The molecule has 0 bridgehead atoms. The third kappa shape index (κ3) is 4.48. The van der Waals surface area contributed by atoms with Gasteiger partial charge in [-0.2, -0.15) is 0 Å². The van der Waals surface area contributed by atoms with E-state index in [1.54, 1.807) is 25.3 Å². The van der Waals surface area contributed by atoms with Gasteiger partial charge in [0.1, 0.15) is 11.6 Å². The lowest BCUT2D eigenvalue weighted by Gasteiger charge is -2.10. The first kappa shape index (κ1) is 20.8. The highest BCUT2D eigenvalue weighted by atomic mass is 19.1. The Bertz CT molecular complexity index is 1270. The normalized spacial score (nSPS) is 10.6. The van der Waals surface area contributed by atoms with Crippen molar-refractivity contribution in [3.05, 3.63) is 66.4 Å². The number of rotatable bonds is 6. The zero-order valence-electron chi connectivity index (χ0n) is 16.9. The molecule has 9 nitrogen and oxygen atoms in total. The summed E-state index contributed by atoms with van der Waals surface area (Å²) in [5, 5.41) is 13.4. The number of aldehydes is 1. The van der Waals surface area contributed by atoms with Gasteiger partial charge in [0.2, 0.25) is 11.8 Å². The number of anilines is 1. The molecule has 0 radical (unpaired) electrons. The van der Waals surface area contributed by atoms with Gasteiger partial charge < -0.3 is 9.73 Å². The average Bonchev–Trinajstić information content (AvgIpc) is 3.30. The lowest BCUT2D eigenvalue weighted by Crippen LogP contribution is -2.28. The fourth-order valence-corrected chi connectivity index (χ4v) is 2.96. The summed E-state index contributed by atoms with van der Waals surface area (Å²) in [5.74, 6) is 0.224. The van der Waals surface area contributed by atoms with Crippen molar-refractivity contribution < 1.29 is 18.4 Å². The Morgan fingerprint density at radius 3 is 2.56 bits per heavy atom. The van der Waals surface area contributed by atoms with Crippen LogP contribution in [0.25, 0.3) is 34.0 Å². The molecule has 10 heteroatoms. The van der Waals surface area contributed by atoms with Crippen LogP contribution in [0.4, 0.5) is 15.0 Å². The predicted octanol–water partition coefficient (Wildman–Crippen LogP) is 3.95. The molecule has 3 aromatic heterocycles. The second kappa shape index (κ2) is 9.13. The minimum Gasteiger partial charge on any atom is -0.416 e. The van der Waals surface area contributed by atoms with E-state index in [-0.39, 0.29) is 23.4 Å². The van der Waals surface area contributed by atoms with Crippen LogP contribution in [-0.4, -0.2) is 39.0 Å². The zero-order valence-corrected chi connectivity index (χ0v) is 16.9. The van der Waals surface area contributed by atoms with Crippen LogP contribution >= 0.6 is 0 Å². The van der Waals surface area contributed by atoms with Crippen molar-refractivity contribution in [2.45, 2.75) is 6.92 Å². The summed E-state index contributed by atoms with van der Waals surface area (Å²) in [6.07, 6.45) is 5.22. The molecule has 1 aromatic carbocycles. The van der Waals surface area contributed by atoms with Crippen LogP contribution < -0.4 is 10.6 Å². The van der Waals surface area contributed by atoms with Crippen molar-refractivity contribution in [3.8, 4) is 34.0 Å². The summed E-state index contributed by atoms with van der Waals surface area (Å²) in [6, 6.07) is 8.46. The van der Waals surface area contributed by atoms with Crippen molar-refractivity contribution in [2.24, 2.45) is 0 Å². The van der Waals surface area contributed by atoms with Gasteiger partial charge in [-0.15, -0.1) is 10.2 Å². The van der Waals surface area contributed by atoms with Gasteiger partial charge in [0.15, 0.2) is 6.29 Å². The molecule has 160 valence electrons. The summed E-state index contributed by atoms with van der Waals surface area (Å²) in [7, 11) is 0. The molecule has 0 atom stereocenters. The maximum absolute atomic E-state index is 13.2. The number of benzene rings is 1. The lowest BCUT2D eigenvalue weighted by molar-refractivity contribution is 0.112. The Hall–Kier alpha value is -4.47. The molecule has 0 fully saturated rings. The largest absolute Gasteiger partial charge is 0.416 e. The number of pyridine rings is 2. The maximum atomic E-state index is 13.2. The molecule has 0 aliphatic rings. The molecule has 0 spiro atoms. The molecular formula is C22H17FN6O3. The molecule has 32 heavy (non-hydrogen) atoms. The molecule has 0 aliphatic heterocycles. The van der Waals surface area contributed by atoms with Crippen molar-refractivity contribution in [3.63, 3.8) is 0 Å². The number of aromatic nitrogens is 4. The Morgan fingerprint density at radius 1 is 1.03 bits per heavy atom. The molecule has 2 amide bonds. The second-order valence-corrected chi connectivity index (χ2v) is 6.64. The summed E-state index contributed by atoms with van der Waals surface area (Å²) < 4.78 is 19.1. The van der Waals surface area contributed by atoms with Crippen LogP contribution in [0.5, 0.6) is 0 Å². The quantitative estimate of drug-likeness (QED) is 0.442. The van der Waals surface area contributed by atoms with E-state index in [4.69, 9.17) is 4.42 Å². The molecule has 0 unspecified atom stereocenters. The molecule has 4 aromatic rings. The van der Waals surface area contributed by atoms with Gasteiger partial charge >= 0.3 is 6.03 Å². The summed E-state index contributed by atoms with van der Waals surface area (Å²) in [5.41, 5.74) is 2.57. The van der Waals surface area contributed by atoms with Crippen LogP contribution in [0, 0.1) is 5.82 Å². The summed E-state index contributed by atoms with van der Waals surface area (Å²) >= 11 is 0. The van der Waals surface area contributed by atoms with Gasteiger partial charge in [-0.1, -0.05) is 0 Å². The first-order chi connectivity index (χ1) is 15.6. The van der Waals surface area contributed by atoms with E-state index in [0.717, 1.165) is 0 Å². The first-order valence-corrected chi connectivity index (χ1v) is 9.62. The van der Waals surface area contributed by atoms with Crippen LogP contribution in [0.3, 0.4) is 0 Å². The first-order valence-electron chi connectivity index (χ1n) is 9.62. The number of urea groups is 1. The van der Waals surface area contributed by atoms with Crippen LogP contribution in [0.15, 0.2) is 59.4 Å². The van der Waals surface area contributed by atoms with Gasteiger partial charge in [0.05, 0.1) is 5.56 Å². The van der Waals surface area contributed by atoms with E-state index in [1.165, 1.54) is 36.7 Å². The van der Waals surface area contributed by atoms with Crippen molar-refractivity contribution in [1.29, 1.82) is 0 Å². The van der Waals surface area contributed by atoms with Gasteiger partial charge in [-0.3, -0.25) is 15.1 Å².